The molecule has 0 fully saturated rings. The molecule has 4 aromatic rings. The van der Waals surface area contributed by atoms with Crippen LogP contribution in [-0.2, 0) is 0 Å². The molecule has 4 rings (SSSR count). The van der Waals surface area contributed by atoms with E-state index in [1.54, 1.807) is 12.4 Å². The quantitative estimate of drug-likeness (QED) is 0.503. The van der Waals surface area contributed by atoms with Gasteiger partial charge >= 0.3 is 0 Å². The van der Waals surface area contributed by atoms with Crippen molar-refractivity contribution >= 4 is 16.7 Å². The zero-order valence-corrected chi connectivity index (χ0v) is 16.0. The molecule has 1 heterocycles. The summed E-state index contributed by atoms with van der Waals surface area (Å²) in [5.74, 6) is -0.0613. The Hall–Kier alpha value is -3.46. The molecule has 0 aliphatic heterocycles. The molecular formula is C25H22N2O. The minimum absolute atomic E-state index is 0.0613. The number of aromatic nitrogens is 1. The maximum atomic E-state index is 13.0. The third kappa shape index (κ3) is 3.52. The topological polar surface area (TPSA) is 42.0 Å². The van der Waals surface area contributed by atoms with Gasteiger partial charge in [-0.05, 0) is 65.1 Å². The first-order valence-corrected chi connectivity index (χ1v) is 9.43. The van der Waals surface area contributed by atoms with E-state index < -0.39 is 0 Å². The minimum Gasteiger partial charge on any atom is -0.345 e. The van der Waals surface area contributed by atoms with Crippen molar-refractivity contribution in [3.8, 4) is 11.1 Å². The summed E-state index contributed by atoms with van der Waals surface area (Å²) >= 11 is 0. The van der Waals surface area contributed by atoms with Crippen molar-refractivity contribution in [1.82, 2.24) is 10.3 Å². The Morgan fingerprint density at radius 3 is 2.46 bits per heavy atom. The highest BCUT2D eigenvalue weighted by Crippen LogP contribution is 2.26. The number of benzene rings is 3. The Labute approximate surface area is 165 Å². The fraction of sp³-hybridized carbons (Fsp3) is 0.120. The maximum Gasteiger partial charge on any atom is 0.252 e. The summed E-state index contributed by atoms with van der Waals surface area (Å²) in [5.41, 5.74) is 4.83. The van der Waals surface area contributed by atoms with Crippen LogP contribution in [0.25, 0.3) is 21.9 Å². The number of carbonyl (C=O) groups excluding carboxylic acids is 1. The van der Waals surface area contributed by atoms with Crippen molar-refractivity contribution in [1.29, 1.82) is 0 Å². The summed E-state index contributed by atoms with van der Waals surface area (Å²) in [4.78, 5) is 17.1. The summed E-state index contributed by atoms with van der Waals surface area (Å²) in [5, 5.41) is 5.52. The molecule has 1 N–H and O–H groups in total. The van der Waals surface area contributed by atoms with Crippen LogP contribution in [0.2, 0.25) is 0 Å². The number of hydrogen-bond donors (Lipinski definition) is 1. The third-order valence-electron chi connectivity index (χ3n) is 5.13. The van der Waals surface area contributed by atoms with Crippen LogP contribution in [0.15, 0.2) is 85.2 Å². The average molecular weight is 366 g/mol. The van der Waals surface area contributed by atoms with E-state index >= 15 is 0 Å². The molecule has 28 heavy (non-hydrogen) atoms. The van der Waals surface area contributed by atoms with Crippen molar-refractivity contribution in [2.45, 2.75) is 19.9 Å². The predicted octanol–water partition coefficient (Wildman–Crippen LogP) is 5.70. The standard InChI is InChI=1S/C25H22N2O/c1-17-10-11-21(19-12-14-26-15-13-19)16-24(17)25(28)27-18(2)22-9-5-7-20-6-3-4-8-23(20)22/h3-16,18H,1-2H3,(H,27,28). The van der Waals surface area contributed by atoms with Crippen LogP contribution in [0.3, 0.4) is 0 Å². The summed E-state index contributed by atoms with van der Waals surface area (Å²) in [6.45, 7) is 4.00. The van der Waals surface area contributed by atoms with Gasteiger partial charge in [0, 0.05) is 18.0 Å². The van der Waals surface area contributed by atoms with Gasteiger partial charge in [0.1, 0.15) is 0 Å². The van der Waals surface area contributed by atoms with Crippen LogP contribution in [0, 0.1) is 6.92 Å². The lowest BCUT2D eigenvalue weighted by molar-refractivity contribution is 0.0939. The van der Waals surface area contributed by atoms with E-state index in [0.717, 1.165) is 22.3 Å². The third-order valence-corrected chi connectivity index (χ3v) is 5.13. The largest absolute Gasteiger partial charge is 0.345 e. The fourth-order valence-corrected chi connectivity index (χ4v) is 3.57. The van der Waals surface area contributed by atoms with Gasteiger partial charge in [0.2, 0.25) is 0 Å². The molecule has 3 nitrogen and oxygen atoms in total. The van der Waals surface area contributed by atoms with Gasteiger partial charge in [-0.3, -0.25) is 9.78 Å². The summed E-state index contributed by atoms with van der Waals surface area (Å²) in [6.07, 6.45) is 3.52. The van der Waals surface area contributed by atoms with E-state index in [-0.39, 0.29) is 11.9 Å². The SMILES string of the molecule is Cc1ccc(-c2ccncc2)cc1C(=O)NC(C)c1cccc2ccccc12. The number of aryl methyl sites for hydroxylation is 1. The summed E-state index contributed by atoms with van der Waals surface area (Å²) < 4.78 is 0. The van der Waals surface area contributed by atoms with Gasteiger partial charge in [0.05, 0.1) is 6.04 Å². The van der Waals surface area contributed by atoms with Crippen LogP contribution in [-0.4, -0.2) is 10.9 Å². The number of rotatable bonds is 4. The molecule has 0 bridgehead atoms. The fourth-order valence-electron chi connectivity index (χ4n) is 3.57. The summed E-state index contributed by atoms with van der Waals surface area (Å²) in [6, 6.07) is 24.3. The second kappa shape index (κ2) is 7.65. The average Bonchev–Trinajstić information content (AvgIpc) is 2.74. The van der Waals surface area contributed by atoms with Gasteiger partial charge in [-0.2, -0.15) is 0 Å². The molecule has 0 aliphatic carbocycles. The lowest BCUT2D eigenvalue weighted by atomic mass is 9.98. The second-order valence-electron chi connectivity index (χ2n) is 7.03. The van der Waals surface area contributed by atoms with Gasteiger partial charge in [-0.1, -0.05) is 54.6 Å². The van der Waals surface area contributed by atoms with E-state index in [4.69, 9.17) is 0 Å². The first-order chi connectivity index (χ1) is 13.6. The highest BCUT2D eigenvalue weighted by Gasteiger charge is 2.16. The van der Waals surface area contributed by atoms with E-state index in [1.165, 1.54) is 10.8 Å². The molecule has 138 valence electrons. The zero-order chi connectivity index (χ0) is 19.5. The molecule has 1 amide bonds. The Balaban J connectivity index is 1.63. The Kier molecular flexibility index (Phi) is 4.90. The van der Waals surface area contributed by atoms with E-state index in [2.05, 4.69) is 34.6 Å². The van der Waals surface area contributed by atoms with Crippen LogP contribution in [0.5, 0.6) is 0 Å². The van der Waals surface area contributed by atoms with E-state index in [0.29, 0.717) is 5.56 Å². The molecule has 0 aliphatic rings. The first kappa shape index (κ1) is 17.9. The number of hydrogen-bond acceptors (Lipinski definition) is 2. The van der Waals surface area contributed by atoms with Crippen LogP contribution in [0.4, 0.5) is 0 Å². The molecule has 0 radical (unpaired) electrons. The Morgan fingerprint density at radius 2 is 1.64 bits per heavy atom. The van der Waals surface area contributed by atoms with E-state index in [9.17, 15) is 4.79 Å². The zero-order valence-electron chi connectivity index (χ0n) is 16.0. The molecule has 3 heteroatoms. The molecule has 1 unspecified atom stereocenters. The highest BCUT2D eigenvalue weighted by atomic mass is 16.1. The van der Waals surface area contributed by atoms with Crippen LogP contribution in [0.1, 0.15) is 34.5 Å². The predicted molar refractivity (Wildman–Crippen MR) is 114 cm³/mol. The number of nitrogens with one attached hydrogen (secondary N) is 1. The number of amides is 1. The lowest BCUT2D eigenvalue weighted by Gasteiger charge is -2.18. The lowest BCUT2D eigenvalue weighted by Crippen LogP contribution is -2.27. The van der Waals surface area contributed by atoms with Crippen molar-refractivity contribution in [3.63, 3.8) is 0 Å². The maximum absolute atomic E-state index is 13.0. The van der Waals surface area contributed by atoms with Gasteiger partial charge < -0.3 is 5.32 Å². The second-order valence-corrected chi connectivity index (χ2v) is 7.03. The van der Waals surface area contributed by atoms with Crippen LogP contribution >= 0.6 is 0 Å². The van der Waals surface area contributed by atoms with Gasteiger partial charge in [-0.25, -0.2) is 0 Å². The highest BCUT2D eigenvalue weighted by molar-refractivity contribution is 5.97. The monoisotopic (exact) mass is 366 g/mol. The molecule has 0 saturated heterocycles. The van der Waals surface area contributed by atoms with Gasteiger partial charge in [0.15, 0.2) is 0 Å². The van der Waals surface area contributed by atoms with Crippen LogP contribution < -0.4 is 5.32 Å². The number of fused-ring (bicyclic) bond motifs is 1. The van der Waals surface area contributed by atoms with Crippen molar-refractivity contribution in [2.75, 3.05) is 0 Å². The van der Waals surface area contributed by atoms with Gasteiger partial charge in [0.25, 0.3) is 5.91 Å². The molecule has 1 aromatic heterocycles. The number of pyridine rings is 1. The van der Waals surface area contributed by atoms with Crippen molar-refractivity contribution in [2.24, 2.45) is 0 Å². The minimum atomic E-state index is -0.0948. The van der Waals surface area contributed by atoms with Crippen molar-refractivity contribution in [3.05, 3.63) is 102 Å². The first-order valence-electron chi connectivity index (χ1n) is 9.43. The smallest absolute Gasteiger partial charge is 0.252 e. The van der Waals surface area contributed by atoms with E-state index in [1.807, 2.05) is 62.4 Å². The Bertz CT molecular complexity index is 1130. The molecule has 0 spiro atoms. The molecule has 0 saturated carbocycles. The molecular weight excluding hydrogens is 344 g/mol. The number of carbonyl (C=O) groups is 1. The van der Waals surface area contributed by atoms with Crippen molar-refractivity contribution < 1.29 is 4.79 Å². The normalized spacial score (nSPS) is 11.9. The molecule has 3 aromatic carbocycles. The Morgan fingerprint density at radius 1 is 0.893 bits per heavy atom. The summed E-state index contributed by atoms with van der Waals surface area (Å²) in [7, 11) is 0. The van der Waals surface area contributed by atoms with Gasteiger partial charge in [-0.15, -0.1) is 0 Å². The number of nitrogens with zero attached hydrogens (tertiary/aromatic N) is 1. The molecule has 1 atom stereocenters.